The predicted octanol–water partition coefficient (Wildman–Crippen LogP) is 0.194. The molecule has 0 aromatic carbocycles. The maximum atomic E-state index is 11.6. The molecule has 0 saturated carbocycles. The summed E-state index contributed by atoms with van der Waals surface area (Å²) in [5, 5.41) is 3.11. The Morgan fingerprint density at radius 3 is 3.00 bits per heavy atom. The first-order valence-electron chi connectivity index (χ1n) is 6.08. The second-order valence-electron chi connectivity index (χ2n) is 4.63. The Morgan fingerprint density at radius 1 is 1.53 bits per heavy atom. The first-order valence-corrected chi connectivity index (χ1v) is 7.90. The quantitative estimate of drug-likeness (QED) is 0.813. The molecular weight excluding hydrogens is 268 g/mol. The summed E-state index contributed by atoms with van der Waals surface area (Å²) in [5.74, 6) is 1.76. The fourth-order valence-corrected chi connectivity index (χ4v) is 3.77. The van der Waals surface area contributed by atoms with Crippen LogP contribution in [0.4, 0.5) is 11.6 Å². The second-order valence-corrected chi connectivity index (χ2v) is 6.85. The van der Waals surface area contributed by atoms with Gasteiger partial charge in [0, 0.05) is 19.2 Å². The van der Waals surface area contributed by atoms with Crippen molar-refractivity contribution in [2.75, 3.05) is 29.7 Å². The van der Waals surface area contributed by atoms with Crippen LogP contribution in [0.5, 0.6) is 0 Å². The topological polar surface area (TPSA) is 107 Å². The number of rotatable bonds is 4. The number of hydrogen-bond acceptors (Lipinski definition) is 7. The molecule has 2 heterocycles. The molecule has 106 valence electrons. The summed E-state index contributed by atoms with van der Waals surface area (Å²) in [6.07, 6.45) is 1.48. The Balaban J connectivity index is 2.10. The third kappa shape index (κ3) is 4.03. The normalized spacial score (nSPS) is 22.1. The van der Waals surface area contributed by atoms with E-state index in [1.165, 1.54) is 0 Å². The Labute approximate surface area is 112 Å². The first-order chi connectivity index (χ1) is 8.98. The Bertz CT molecular complexity index is 547. The third-order valence-electron chi connectivity index (χ3n) is 2.88. The van der Waals surface area contributed by atoms with Crippen LogP contribution in [0.15, 0.2) is 6.07 Å². The summed E-state index contributed by atoms with van der Waals surface area (Å²) in [4.78, 5) is 8.27. The van der Waals surface area contributed by atoms with Crippen LogP contribution in [0.1, 0.15) is 18.7 Å². The van der Waals surface area contributed by atoms with Gasteiger partial charge < -0.3 is 15.8 Å². The first kappa shape index (κ1) is 14.0. The fourth-order valence-electron chi connectivity index (χ4n) is 2.13. The Hall–Kier alpha value is -1.41. The van der Waals surface area contributed by atoms with Gasteiger partial charge >= 0.3 is 0 Å². The van der Waals surface area contributed by atoms with Crippen LogP contribution >= 0.6 is 0 Å². The van der Waals surface area contributed by atoms with Crippen LogP contribution in [0.25, 0.3) is 0 Å². The van der Waals surface area contributed by atoms with Crippen LogP contribution in [0.3, 0.4) is 0 Å². The highest BCUT2D eigenvalue weighted by molar-refractivity contribution is 7.91. The van der Waals surface area contributed by atoms with E-state index in [9.17, 15) is 8.42 Å². The molecule has 1 fully saturated rings. The molecule has 0 bridgehead atoms. The van der Waals surface area contributed by atoms with Crippen molar-refractivity contribution >= 4 is 21.5 Å². The molecule has 1 aromatic heterocycles. The number of methoxy groups -OCH3 is 1. The summed E-state index contributed by atoms with van der Waals surface area (Å²) >= 11 is 0. The van der Waals surface area contributed by atoms with Crippen LogP contribution in [-0.4, -0.2) is 43.0 Å². The van der Waals surface area contributed by atoms with Crippen molar-refractivity contribution < 1.29 is 13.2 Å². The smallest absolute Gasteiger partial charge is 0.158 e. The van der Waals surface area contributed by atoms with Crippen LogP contribution < -0.4 is 11.1 Å². The molecule has 1 aliphatic heterocycles. The lowest BCUT2D eigenvalue weighted by atomic mass is 10.2. The van der Waals surface area contributed by atoms with Crippen molar-refractivity contribution in [2.24, 2.45) is 0 Å². The van der Waals surface area contributed by atoms with Crippen molar-refractivity contribution in [3.63, 3.8) is 0 Å². The molecule has 1 atom stereocenters. The van der Waals surface area contributed by atoms with Gasteiger partial charge in [-0.1, -0.05) is 0 Å². The third-order valence-corrected chi connectivity index (χ3v) is 4.70. The van der Waals surface area contributed by atoms with Gasteiger partial charge in [0.1, 0.15) is 18.2 Å². The van der Waals surface area contributed by atoms with E-state index in [-0.39, 0.29) is 24.2 Å². The number of sulfone groups is 1. The van der Waals surface area contributed by atoms with Crippen molar-refractivity contribution in [1.82, 2.24) is 9.97 Å². The SMILES string of the molecule is COCc1nc(N)cc(NC2CCCS(=O)(=O)C2)n1. The number of nitrogens with two attached hydrogens (primary N) is 1. The predicted molar refractivity (Wildman–Crippen MR) is 72.5 cm³/mol. The maximum absolute atomic E-state index is 11.6. The van der Waals surface area contributed by atoms with Crippen molar-refractivity contribution in [3.05, 3.63) is 11.9 Å². The molecule has 0 spiro atoms. The minimum atomic E-state index is -2.94. The number of nitrogens with zero attached hydrogens (tertiary/aromatic N) is 2. The number of anilines is 2. The summed E-state index contributed by atoms with van der Waals surface area (Å²) in [6, 6.07) is 1.48. The lowest BCUT2D eigenvalue weighted by molar-refractivity contribution is 0.178. The summed E-state index contributed by atoms with van der Waals surface area (Å²) in [7, 11) is -1.40. The van der Waals surface area contributed by atoms with Crippen LogP contribution in [0, 0.1) is 0 Å². The zero-order valence-electron chi connectivity index (χ0n) is 10.8. The second kappa shape index (κ2) is 5.70. The molecule has 3 N–H and O–H groups in total. The highest BCUT2D eigenvalue weighted by Gasteiger charge is 2.24. The molecule has 0 radical (unpaired) electrons. The molecule has 19 heavy (non-hydrogen) atoms. The molecule has 1 unspecified atom stereocenters. The molecule has 8 heteroatoms. The van der Waals surface area contributed by atoms with Gasteiger partial charge in [-0.15, -0.1) is 0 Å². The number of nitrogen functional groups attached to an aromatic ring is 1. The van der Waals surface area contributed by atoms with Gasteiger partial charge in [-0.2, -0.15) is 0 Å². The van der Waals surface area contributed by atoms with Gasteiger partial charge in [0.15, 0.2) is 15.7 Å². The zero-order valence-corrected chi connectivity index (χ0v) is 11.6. The highest BCUT2D eigenvalue weighted by Crippen LogP contribution is 2.17. The lowest BCUT2D eigenvalue weighted by Gasteiger charge is -2.23. The minimum Gasteiger partial charge on any atom is -0.384 e. The van der Waals surface area contributed by atoms with E-state index in [0.717, 1.165) is 6.42 Å². The summed E-state index contributed by atoms with van der Waals surface area (Å²) < 4.78 is 28.1. The van der Waals surface area contributed by atoms with Crippen molar-refractivity contribution in [3.8, 4) is 0 Å². The fraction of sp³-hybridized carbons (Fsp3) is 0.636. The van der Waals surface area contributed by atoms with E-state index in [2.05, 4.69) is 15.3 Å². The number of nitrogens with one attached hydrogen (secondary N) is 1. The molecule has 2 rings (SSSR count). The van der Waals surface area contributed by atoms with E-state index >= 15 is 0 Å². The average molecular weight is 286 g/mol. The molecule has 1 saturated heterocycles. The van der Waals surface area contributed by atoms with Gasteiger partial charge in [0.2, 0.25) is 0 Å². The summed E-state index contributed by atoms with van der Waals surface area (Å²) in [5.41, 5.74) is 5.68. The molecule has 0 amide bonds. The van der Waals surface area contributed by atoms with Gasteiger partial charge in [0.25, 0.3) is 0 Å². The van der Waals surface area contributed by atoms with Crippen LogP contribution in [-0.2, 0) is 21.2 Å². The maximum Gasteiger partial charge on any atom is 0.158 e. The van der Waals surface area contributed by atoms with E-state index in [1.54, 1.807) is 13.2 Å². The monoisotopic (exact) mass is 286 g/mol. The van der Waals surface area contributed by atoms with E-state index in [4.69, 9.17) is 10.5 Å². The van der Waals surface area contributed by atoms with E-state index in [1.807, 2.05) is 0 Å². The molecule has 1 aromatic rings. The number of ether oxygens (including phenoxy) is 1. The molecule has 0 aliphatic carbocycles. The van der Waals surface area contributed by atoms with Gasteiger partial charge in [-0.3, -0.25) is 0 Å². The highest BCUT2D eigenvalue weighted by atomic mass is 32.2. The van der Waals surface area contributed by atoms with E-state index < -0.39 is 9.84 Å². The van der Waals surface area contributed by atoms with Gasteiger partial charge in [0.05, 0.1) is 11.5 Å². The van der Waals surface area contributed by atoms with Gasteiger partial charge in [-0.25, -0.2) is 18.4 Å². The van der Waals surface area contributed by atoms with Crippen molar-refractivity contribution in [1.29, 1.82) is 0 Å². The minimum absolute atomic E-state index is 0.122. The van der Waals surface area contributed by atoms with Crippen LogP contribution in [0.2, 0.25) is 0 Å². The number of hydrogen-bond donors (Lipinski definition) is 2. The van der Waals surface area contributed by atoms with E-state index in [0.29, 0.717) is 23.9 Å². The number of aromatic nitrogens is 2. The molecular formula is C11H18N4O3S. The largest absolute Gasteiger partial charge is 0.384 e. The zero-order chi connectivity index (χ0) is 13.9. The molecule has 7 nitrogen and oxygen atoms in total. The Morgan fingerprint density at radius 2 is 2.32 bits per heavy atom. The van der Waals surface area contributed by atoms with Gasteiger partial charge in [-0.05, 0) is 12.8 Å². The van der Waals surface area contributed by atoms with Crippen molar-refractivity contribution in [2.45, 2.75) is 25.5 Å². The standard InChI is InChI=1S/C11H18N4O3S/c1-18-6-11-14-9(12)5-10(15-11)13-8-3-2-4-19(16,17)7-8/h5,8H,2-4,6-7H2,1H3,(H3,12,13,14,15). The average Bonchev–Trinajstić information content (AvgIpc) is 2.26. The Kier molecular flexibility index (Phi) is 4.20. The molecule has 1 aliphatic rings. The summed E-state index contributed by atoms with van der Waals surface area (Å²) in [6.45, 7) is 0.267. The lowest BCUT2D eigenvalue weighted by Crippen LogP contribution is -2.35.